The Bertz CT molecular complexity index is 363. The third kappa shape index (κ3) is 4.65. The van der Waals surface area contributed by atoms with E-state index >= 15 is 0 Å². The van der Waals surface area contributed by atoms with Crippen molar-refractivity contribution in [2.24, 2.45) is 5.73 Å². The summed E-state index contributed by atoms with van der Waals surface area (Å²) in [6, 6.07) is 0. The van der Waals surface area contributed by atoms with Gasteiger partial charge < -0.3 is 5.73 Å². The van der Waals surface area contributed by atoms with Crippen LogP contribution in [0.2, 0.25) is 0 Å². The summed E-state index contributed by atoms with van der Waals surface area (Å²) in [4.78, 5) is 0. The van der Waals surface area contributed by atoms with Crippen molar-refractivity contribution in [1.82, 2.24) is 0 Å². The Balaban J connectivity index is 5.53. The van der Waals surface area contributed by atoms with Crippen molar-refractivity contribution in [3.63, 3.8) is 0 Å². The van der Waals surface area contributed by atoms with Gasteiger partial charge in [0.1, 0.15) is 0 Å². The summed E-state index contributed by atoms with van der Waals surface area (Å²) in [5, 5.41) is 0. The van der Waals surface area contributed by atoms with Crippen LogP contribution in [0.25, 0.3) is 0 Å². The molecular formula is C15H21N. The Morgan fingerprint density at radius 2 is 1.62 bits per heavy atom. The van der Waals surface area contributed by atoms with E-state index < -0.39 is 0 Å². The van der Waals surface area contributed by atoms with Crippen LogP contribution in [0, 0.1) is 0 Å². The average Bonchev–Trinajstić information content (AvgIpc) is 2.31. The Hall–Kier alpha value is -1.76. The van der Waals surface area contributed by atoms with Crippen molar-refractivity contribution in [3.8, 4) is 0 Å². The second-order valence-corrected chi connectivity index (χ2v) is 3.22. The molecule has 0 aliphatic carbocycles. The van der Waals surface area contributed by atoms with E-state index in [-0.39, 0.29) is 0 Å². The molecule has 0 amide bonds. The van der Waals surface area contributed by atoms with Crippen LogP contribution in [0.5, 0.6) is 0 Å². The molecule has 0 aromatic carbocycles. The third-order valence-corrected chi connectivity index (χ3v) is 1.99. The quantitative estimate of drug-likeness (QED) is 0.688. The van der Waals surface area contributed by atoms with Gasteiger partial charge >= 0.3 is 0 Å². The summed E-state index contributed by atoms with van der Waals surface area (Å²) < 4.78 is 0. The van der Waals surface area contributed by atoms with Gasteiger partial charge in [-0.1, -0.05) is 49.1 Å². The third-order valence-electron chi connectivity index (χ3n) is 1.99. The number of hydrogen-bond donors (Lipinski definition) is 1. The lowest BCUT2D eigenvalue weighted by molar-refractivity contribution is 1.34. The van der Waals surface area contributed by atoms with Crippen molar-refractivity contribution in [1.29, 1.82) is 0 Å². The minimum atomic E-state index is 0.687. The predicted molar refractivity (Wildman–Crippen MR) is 73.9 cm³/mol. The fourth-order valence-corrected chi connectivity index (χ4v) is 1.25. The maximum atomic E-state index is 5.92. The molecule has 0 saturated heterocycles. The number of hydrogen-bond acceptors (Lipinski definition) is 1. The van der Waals surface area contributed by atoms with Gasteiger partial charge in [-0.15, -0.1) is 0 Å². The van der Waals surface area contributed by atoms with E-state index in [4.69, 9.17) is 5.73 Å². The molecule has 0 spiro atoms. The molecule has 0 aliphatic rings. The fourth-order valence-electron chi connectivity index (χ4n) is 1.25. The molecule has 0 aromatic rings. The summed E-state index contributed by atoms with van der Waals surface area (Å²) in [7, 11) is 0. The van der Waals surface area contributed by atoms with Gasteiger partial charge in [-0.05, 0) is 32.4 Å². The van der Waals surface area contributed by atoms with Crippen LogP contribution in [0.15, 0.2) is 72.0 Å². The zero-order chi connectivity index (χ0) is 12.4. The molecule has 16 heavy (non-hydrogen) atoms. The summed E-state index contributed by atoms with van der Waals surface area (Å²) in [5.74, 6) is 0. The summed E-state index contributed by atoms with van der Waals surface area (Å²) in [6.07, 6.45) is 15.7. The van der Waals surface area contributed by atoms with Crippen LogP contribution in [0.3, 0.4) is 0 Å². The minimum absolute atomic E-state index is 0.687. The first kappa shape index (κ1) is 14.2. The Morgan fingerprint density at radius 1 is 1.00 bits per heavy atom. The topological polar surface area (TPSA) is 26.0 Å². The van der Waals surface area contributed by atoms with Crippen molar-refractivity contribution < 1.29 is 0 Å². The number of rotatable bonds is 5. The first-order valence-electron chi connectivity index (χ1n) is 5.42. The molecule has 0 bridgehead atoms. The molecule has 0 saturated carbocycles. The van der Waals surface area contributed by atoms with E-state index in [2.05, 4.69) is 6.58 Å². The molecule has 0 rings (SSSR count). The van der Waals surface area contributed by atoms with Crippen molar-refractivity contribution in [2.75, 3.05) is 0 Å². The Morgan fingerprint density at radius 3 is 2.06 bits per heavy atom. The van der Waals surface area contributed by atoms with E-state index in [1.807, 2.05) is 63.3 Å². The molecule has 0 radical (unpaired) electrons. The number of allylic oxidation sites excluding steroid dienone is 10. The summed E-state index contributed by atoms with van der Waals surface area (Å²) >= 11 is 0. The highest BCUT2D eigenvalue weighted by Crippen LogP contribution is 2.16. The fraction of sp³-hybridized carbons (Fsp3) is 0.200. The van der Waals surface area contributed by atoms with Gasteiger partial charge in [0.15, 0.2) is 0 Å². The summed E-state index contributed by atoms with van der Waals surface area (Å²) in [6.45, 7) is 9.64. The molecule has 1 heteroatoms. The van der Waals surface area contributed by atoms with Crippen LogP contribution in [0.4, 0.5) is 0 Å². The SMILES string of the molecule is C=C/C(N)=C(\C=C/C)C(/C=C\C)=C/C=C\C. The van der Waals surface area contributed by atoms with E-state index in [0.29, 0.717) is 5.70 Å². The lowest BCUT2D eigenvalue weighted by Crippen LogP contribution is -1.99. The Kier molecular flexibility index (Phi) is 7.60. The van der Waals surface area contributed by atoms with E-state index in [1.54, 1.807) is 6.08 Å². The zero-order valence-corrected chi connectivity index (χ0v) is 10.4. The van der Waals surface area contributed by atoms with Crippen molar-refractivity contribution in [3.05, 3.63) is 72.0 Å². The van der Waals surface area contributed by atoms with E-state index in [0.717, 1.165) is 11.1 Å². The number of nitrogens with two attached hydrogens (primary N) is 1. The van der Waals surface area contributed by atoms with E-state index in [1.165, 1.54) is 0 Å². The molecule has 0 atom stereocenters. The average molecular weight is 215 g/mol. The first-order valence-corrected chi connectivity index (χ1v) is 5.42. The highest BCUT2D eigenvalue weighted by atomic mass is 14.6. The van der Waals surface area contributed by atoms with E-state index in [9.17, 15) is 0 Å². The largest absolute Gasteiger partial charge is 0.398 e. The molecule has 0 aromatic heterocycles. The lowest BCUT2D eigenvalue weighted by Gasteiger charge is -2.06. The normalized spacial score (nSPS) is 15.1. The maximum Gasteiger partial charge on any atom is 0.0387 e. The van der Waals surface area contributed by atoms with Crippen molar-refractivity contribution in [2.45, 2.75) is 20.8 Å². The smallest absolute Gasteiger partial charge is 0.0387 e. The highest BCUT2D eigenvalue weighted by Gasteiger charge is 2.00. The van der Waals surface area contributed by atoms with Crippen LogP contribution in [-0.2, 0) is 0 Å². The molecule has 0 heterocycles. The van der Waals surface area contributed by atoms with Crippen LogP contribution >= 0.6 is 0 Å². The van der Waals surface area contributed by atoms with Gasteiger partial charge in [-0.25, -0.2) is 0 Å². The minimum Gasteiger partial charge on any atom is -0.398 e. The van der Waals surface area contributed by atoms with Gasteiger partial charge in [0.05, 0.1) is 0 Å². The second-order valence-electron chi connectivity index (χ2n) is 3.22. The first-order chi connectivity index (χ1) is 7.71. The molecule has 2 N–H and O–H groups in total. The molecule has 1 nitrogen and oxygen atoms in total. The summed E-state index contributed by atoms with van der Waals surface area (Å²) in [5.41, 5.74) is 8.68. The molecule has 0 fully saturated rings. The second kappa shape index (κ2) is 8.54. The van der Waals surface area contributed by atoms with Crippen LogP contribution in [-0.4, -0.2) is 0 Å². The van der Waals surface area contributed by atoms with Crippen LogP contribution in [0.1, 0.15) is 20.8 Å². The predicted octanol–water partition coefficient (Wildman–Crippen LogP) is 4.04. The van der Waals surface area contributed by atoms with Gasteiger partial charge in [-0.2, -0.15) is 0 Å². The standard InChI is InChI=1S/C15H21N/c1-5-9-12-13(10-6-2)14(11-7-3)15(16)8-4/h5-12H,4,16H2,1-3H3/b9-5-,10-6-,11-7-,13-12+,15-14-. The Labute approximate surface area is 99.1 Å². The van der Waals surface area contributed by atoms with Gasteiger partial charge in [-0.3, -0.25) is 0 Å². The molecular weight excluding hydrogens is 194 g/mol. The van der Waals surface area contributed by atoms with Crippen LogP contribution < -0.4 is 5.73 Å². The van der Waals surface area contributed by atoms with Gasteiger partial charge in [0.2, 0.25) is 0 Å². The maximum absolute atomic E-state index is 5.92. The molecule has 0 aliphatic heterocycles. The van der Waals surface area contributed by atoms with Crippen molar-refractivity contribution >= 4 is 0 Å². The monoisotopic (exact) mass is 215 g/mol. The highest BCUT2D eigenvalue weighted by molar-refractivity contribution is 5.51. The molecule has 0 unspecified atom stereocenters. The van der Waals surface area contributed by atoms with Gasteiger partial charge in [0, 0.05) is 11.3 Å². The zero-order valence-electron chi connectivity index (χ0n) is 10.4. The van der Waals surface area contributed by atoms with Gasteiger partial charge in [0.25, 0.3) is 0 Å². The lowest BCUT2D eigenvalue weighted by atomic mass is 10.0. The molecule has 86 valence electrons.